The molecule has 3 heteroatoms. The van der Waals surface area contributed by atoms with Crippen LogP contribution < -0.4 is 10.1 Å². The lowest BCUT2D eigenvalue weighted by molar-refractivity contribution is 0.405. The van der Waals surface area contributed by atoms with Crippen molar-refractivity contribution in [3.63, 3.8) is 0 Å². The van der Waals surface area contributed by atoms with Crippen molar-refractivity contribution in [3.05, 3.63) is 64.1 Å². The number of para-hydroxylation sites is 1. The van der Waals surface area contributed by atoms with Crippen molar-refractivity contribution < 1.29 is 4.74 Å². The number of rotatable bonds is 6. The van der Waals surface area contributed by atoms with Crippen LogP contribution in [0.25, 0.3) is 0 Å². The van der Waals surface area contributed by atoms with Crippen molar-refractivity contribution in [3.8, 4) is 5.75 Å². The molecular weight excluding hydrogens is 314 g/mol. The van der Waals surface area contributed by atoms with E-state index in [-0.39, 0.29) is 0 Å². The second-order valence-electron chi connectivity index (χ2n) is 4.92. The van der Waals surface area contributed by atoms with Gasteiger partial charge in [0, 0.05) is 22.6 Å². The van der Waals surface area contributed by atoms with Gasteiger partial charge in [0.15, 0.2) is 0 Å². The van der Waals surface area contributed by atoms with Crippen molar-refractivity contribution >= 4 is 15.9 Å². The lowest BCUT2D eigenvalue weighted by atomic mass is 10.1. The smallest absolute Gasteiger partial charge is 0.123 e. The molecule has 106 valence electrons. The van der Waals surface area contributed by atoms with E-state index < -0.39 is 0 Å². The van der Waals surface area contributed by atoms with E-state index in [1.54, 1.807) is 7.11 Å². The number of methoxy groups -OCH3 is 1. The van der Waals surface area contributed by atoms with Gasteiger partial charge < -0.3 is 10.1 Å². The summed E-state index contributed by atoms with van der Waals surface area (Å²) >= 11 is 3.46. The number of benzene rings is 2. The first-order chi connectivity index (χ1) is 9.69. The normalized spacial score (nSPS) is 12.2. The van der Waals surface area contributed by atoms with E-state index in [4.69, 9.17) is 4.74 Å². The van der Waals surface area contributed by atoms with Gasteiger partial charge in [-0.1, -0.05) is 46.3 Å². The summed E-state index contributed by atoms with van der Waals surface area (Å²) in [4.78, 5) is 0. The van der Waals surface area contributed by atoms with Gasteiger partial charge in [0.2, 0.25) is 0 Å². The maximum atomic E-state index is 5.36. The van der Waals surface area contributed by atoms with Crippen LogP contribution in [-0.4, -0.2) is 13.2 Å². The van der Waals surface area contributed by atoms with Crippen molar-refractivity contribution in [2.75, 3.05) is 7.11 Å². The molecule has 0 bridgehead atoms. The van der Waals surface area contributed by atoms with Crippen LogP contribution >= 0.6 is 15.9 Å². The largest absolute Gasteiger partial charge is 0.496 e. The first kappa shape index (κ1) is 15.1. The third kappa shape index (κ3) is 4.36. The van der Waals surface area contributed by atoms with Crippen LogP contribution in [0.1, 0.15) is 18.1 Å². The summed E-state index contributed by atoms with van der Waals surface area (Å²) in [6.07, 6.45) is 1.02. The van der Waals surface area contributed by atoms with E-state index >= 15 is 0 Å². The van der Waals surface area contributed by atoms with E-state index in [0.717, 1.165) is 23.2 Å². The third-order valence-electron chi connectivity index (χ3n) is 3.29. The zero-order valence-corrected chi connectivity index (χ0v) is 13.5. The minimum absolute atomic E-state index is 0.418. The Morgan fingerprint density at radius 2 is 1.80 bits per heavy atom. The fraction of sp³-hybridized carbons (Fsp3) is 0.294. The number of hydrogen-bond acceptors (Lipinski definition) is 2. The predicted molar refractivity (Wildman–Crippen MR) is 87.1 cm³/mol. The standard InChI is InChI=1S/C17H20BrNO/c1-13(11-14-7-9-16(18)10-8-14)19-12-15-5-3-4-6-17(15)20-2/h3-10,13,19H,11-12H2,1-2H3. The van der Waals surface area contributed by atoms with E-state index in [1.807, 2.05) is 18.2 Å². The Morgan fingerprint density at radius 3 is 2.50 bits per heavy atom. The minimum atomic E-state index is 0.418. The predicted octanol–water partition coefficient (Wildman–Crippen LogP) is 4.18. The number of nitrogens with one attached hydrogen (secondary N) is 1. The maximum Gasteiger partial charge on any atom is 0.123 e. The van der Waals surface area contributed by atoms with E-state index in [9.17, 15) is 0 Å². The summed E-state index contributed by atoms with van der Waals surface area (Å²) < 4.78 is 6.49. The lowest BCUT2D eigenvalue weighted by Crippen LogP contribution is -2.27. The molecule has 0 heterocycles. The van der Waals surface area contributed by atoms with Gasteiger partial charge in [0.25, 0.3) is 0 Å². The highest BCUT2D eigenvalue weighted by atomic mass is 79.9. The van der Waals surface area contributed by atoms with Crippen molar-refractivity contribution in [2.24, 2.45) is 0 Å². The van der Waals surface area contributed by atoms with Crippen LogP contribution in [0, 0.1) is 0 Å². The van der Waals surface area contributed by atoms with Gasteiger partial charge in [0.05, 0.1) is 7.11 Å². The van der Waals surface area contributed by atoms with Crippen molar-refractivity contribution in [1.29, 1.82) is 0 Å². The highest BCUT2D eigenvalue weighted by Crippen LogP contribution is 2.17. The van der Waals surface area contributed by atoms with Crippen LogP contribution in [0.2, 0.25) is 0 Å². The summed E-state index contributed by atoms with van der Waals surface area (Å²) in [6, 6.07) is 17.0. The second-order valence-corrected chi connectivity index (χ2v) is 5.84. The molecule has 0 aliphatic rings. The molecule has 2 aromatic rings. The molecule has 0 saturated carbocycles. The molecule has 0 radical (unpaired) electrons. The Hall–Kier alpha value is -1.32. The molecular formula is C17H20BrNO. The molecule has 1 atom stereocenters. The Labute approximate surface area is 129 Å². The summed E-state index contributed by atoms with van der Waals surface area (Å²) in [6.45, 7) is 3.03. The van der Waals surface area contributed by atoms with Crippen molar-refractivity contribution in [1.82, 2.24) is 5.32 Å². The molecule has 0 spiro atoms. The van der Waals surface area contributed by atoms with Gasteiger partial charge >= 0.3 is 0 Å². The molecule has 20 heavy (non-hydrogen) atoms. The highest BCUT2D eigenvalue weighted by Gasteiger charge is 2.06. The maximum absolute atomic E-state index is 5.36. The minimum Gasteiger partial charge on any atom is -0.496 e. The zero-order chi connectivity index (χ0) is 14.4. The average Bonchev–Trinajstić information content (AvgIpc) is 2.48. The second kappa shape index (κ2) is 7.46. The fourth-order valence-electron chi connectivity index (χ4n) is 2.18. The molecule has 0 amide bonds. The Kier molecular flexibility index (Phi) is 5.62. The topological polar surface area (TPSA) is 21.3 Å². The van der Waals surface area contributed by atoms with Gasteiger partial charge in [-0.05, 0) is 37.1 Å². The molecule has 0 fully saturated rings. The highest BCUT2D eigenvalue weighted by molar-refractivity contribution is 9.10. The van der Waals surface area contributed by atoms with Crippen LogP contribution in [0.4, 0.5) is 0 Å². The molecule has 2 nitrogen and oxygen atoms in total. The van der Waals surface area contributed by atoms with Gasteiger partial charge in [0.1, 0.15) is 5.75 Å². The summed E-state index contributed by atoms with van der Waals surface area (Å²) in [5, 5.41) is 3.54. The van der Waals surface area contributed by atoms with E-state index in [2.05, 4.69) is 58.5 Å². The first-order valence-electron chi connectivity index (χ1n) is 6.79. The van der Waals surface area contributed by atoms with Crippen LogP contribution in [0.3, 0.4) is 0 Å². The summed E-state index contributed by atoms with van der Waals surface area (Å²) in [7, 11) is 1.71. The van der Waals surface area contributed by atoms with Gasteiger partial charge in [-0.2, -0.15) is 0 Å². The van der Waals surface area contributed by atoms with Crippen molar-refractivity contribution in [2.45, 2.75) is 25.9 Å². The van der Waals surface area contributed by atoms with Crippen LogP contribution in [0.5, 0.6) is 5.75 Å². The number of ether oxygens (including phenoxy) is 1. The number of halogens is 1. The average molecular weight is 334 g/mol. The monoisotopic (exact) mass is 333 g/mol. The molecule has 0 aliphatic heterocycles. The molecule has 0 aromatic heterocycles. The lowest BCUT2D eigenvalue weighted by Gasteiger charge is -2.15. The van der Waals surface area contributed by atoms with Gasteiger partial charge in [-0.25, -0.2) is 0 Å². The molecule has 0 saturated heterocycles. The van der Waals surface area contributed by atoms with E-state index in [1.165, 1.54) is 11.1 Å². The summed E-state index contributed by atoms with van der Waals surface area (Å²) in [5.41, 5.74) is 2.53. The van der Waals surface area contributed by atoms with Gasteiger partial charge in [-0.15, -0.1) is 0 Å². The molecule has 2 rings (SSSR count). The molecule has 1 unspecified atom stereocenters. The summed E-state index contributed by atoms with van der Waals surface area (Å²) in [5.74, 6) is 0.941. The molecule has 0 aliphatic carbocycles. The number of hydrogen-bond donors (Lipinski definition) is 1. The molecule has 1 N–H and O–H groups in total. The van der Waals surface area contributed by atoms with Crippen LogP contribution in [0.15, 0.2) is 53.0 Å². The van der Waals surface area contributed by atoms with E-state index in [0.29, 0.717) is 6.04 Å². The quantitative estimate of drug-likeness (QED) is 0.856. The fourth-order valence-corrected chi connectivity index (χ4v) is 2.44. The Morgan fingerprint density at radius 1 is 1.10 bits per heavy atom. The Bertz CT molecular complexity index is 539. The Balaban J connectivity index is 1.88. The zero-order valence-electron chi connectivity index (χ0n) is 11.9. The SMILES string of the molecule is COc1ccccc1CNC(C)Cc1ccc(Br)cc1. The third-order valence-corrected chi connectivity index (χ3v) is 3.82. The van der Waals surface area contributed by atoms with Crippen LogP contribution in [-0.2, 0) is 13.0 Å². The molecule has 2 aromatic carbocycles. The first-order valence-corrected chi connectivity index (χ1v) is 7.58. The van der Waals surface area contributed by atoms with Gasteiger partial charge in [-0.3, -0.25) is 0 Å².